The van der Waals surface area contributed by atoms with Crippen molar-refractivity contribution in [1.29, 1.82) is 0 Å². The van der Waals surface area contributed by atoms with Gasteiger partial charge in [0.2, 0.25) is 5.88 Å². The molecule has 2 aromatic heterocycles. The molecule has 0 aliphatic rings. The topological polar surface area (TPSA) is 85.6 Å². The summed E-state index contributed by atoms with van der Waals surface area (Å²) in [6, 6.07) is 51.1. The molecule has 0 saturated carbocycles. The van der Waals surface area contributed by atoms with Crippen LogP contribution in [0.5, 0.6) is 11.6 Å². The molecule has 0 radical (unpaired) electrons. The minimum absolute atomic E-state index is 0.0546. The zero-order chi connectivity index (χ0) is 35.8. The number of aromatic nitrogens is 2. The van der Waals surface area contributed by atoms with E-state index in [1.807, 2.05) is 158 Å². The molecule has 0 aliphatic carbocycles. The highest BCUT2D eigenvalue weighted by Crippen LogP contribution is 2.43. The summed E-state index contributed by atoms with van der Waals surface area (Å²) in [7, 11) is 0. The first-order valence-corrected chi connectivity index (χ1v) is 17.8. The molecular weight excluding hydrogens is 667 g/mol. The molecule has 0 aliphatic heterocycles. The Morgan fingerprint density at radius 3 is 1.83 bits per heavy atom. The normalized spacial score (nSPS) is 11.2. The van der Waals surface area contributed by atoms with Crippen molar-refractivity contribution in [3.63, 3.8) is 0 Å². The fourth-order valence-electron chi connectivity index (χ4n) is 6.38. The number of pyridine rings is 1. The lowest BCUT2D eigenvalue weighted by Crippen LogP contribution is -2.42. The van der Waals surface area contributed by atoms with E-state index in [1.165, 1.54) is 0 Å². The monoisotopic (exact) mass is 703 g/mol. The summed E-state index contributed by atoms with van der Waals surface area (Å²) in [5, 5.41) is 11.9. The number of aromatic hydroxyl groups is 1. The van der Waals surface area contributed by atoms with Crippen LogP contribution in [0.4, 0.5) is 0 Å². The first-order chi connectivity index (χ1) is 25.5. The summed E-state index contributed by atoms with van der Waals surface area (Å²) in [6.07, 6.45) is 2.14. The Labute approximate surface area is 306 Å². The molecule has 52 heavy (non-hydrogen) atoms. The molecule has 0 amide bonds. The van der Waals surface area contributed by atoms with Gasteiger partial charge in [-0.3, -0.25) is 24.7 Å². The molecular formula is C44H37N3O4S. The molecule has 0 unspecified atom stereocenters. The van der Waals surface area contributed by atoms with Crippen molar-refractivity contribution in [3.05, 3.63) is 213 Å². The molecule has 5 aromatic carbocycles. The Kier molecular flexibility index (Phi) is 10.4. The van der Waals surface area contributed by atoms with Crippen LogP contribution in [0.15, 0.2) is 175 Å². The first kappa shape index (κ1) is 34.2. The van der Waals surface area contributed by atoms with E-state index in [2.05, 4.69) is 17.0 Å². The second-order valence-electron chi connectivity index (χ2n) is 12.2. The van der Waals surface area contributed by atoms with Gasteiger partial charge in [0, 0.05) is 23.7 Å². The van der Waals surface area contributed by atoms with Crippen LogP contribution in [0.2, 0.25) is 0 Å². The largest absolute Gasteiger partial charge is 0.494 e. The third kappa shape index (κ3) is 7.16. The Bertz CT molecular complexity index is 2180. The maximum Gasteiger partial charge on any atom is 0.311 e. The second kappa shape index (κ2) is 15.8. The van der Waals surface area contributed by atoms with Crippen LogP contribution in [0.3, 0.4) is 0 Å². The van der Waals surface area contributed by atoms with Gasteiger partial charge in [-0.1, -0.05) is 151 Å². The van der Waals surface area contributed by atoms with Crippen LogP contribution >= 0.6 is 11.3 Å². The van der Waals surface area contributed by atoms with Gasteiger partial charge < -0.3 is 9.84 Å². The summed E-state index contributed by atoms with van der Waals surface area (Å²) < 4.78 is 7.44. The molecule has 2 N–H and O–H groups in total. The standard InChI is InChI=1S/C44H37N3O4S/c1-32(35-24-27-40(45-31-35)34-14-6-2-7-15-34)46-51-29-28-50-39-25-22-33(23-26-39)30-41-42(48)47(43(49)52-41)44(36-16-8-3-9-17-36,37-18-10-4-11-19-37)38-20-12-5-13-21-38/h2-27,31,46,48H,1,28-30H2. The minimum atomic E-state index is -1.09. The third-order valence-corrected chi connectivity index (χ3v) is 9.81. The average Bonchev–Trinajstić information content (AvgIpc) is 3.48. The molecule has 8 heteroatoms. The third-order valence-electron chi connectivity index (χ3n) is 8.88. The molecule has 0 atom stereocenters. The highest BCUT2D eigenvalue weighted by atomic mass is 32.1. The first-order valence-electron chi connectivity index (χ1n) is 16.9. The van der Waals surface area contributed by atoms with Crippen molar-refractivity contribution in [2.75, 3.05) is 13.2 Å². The zero-order valence-corrected chi connectivity index (χ0v) is 29.2. The Morgan fingerprint density at radius 1 is 0.731 bits per heavy atom. The summed E-state index contributed by atoms with van der Waals surface area (Å²) in [5.41, 5.74) is 8.69. The van der Waals surface area contributed by atoms with E-state index in [0.717, 1.165) is 50.4 Å². The van der Waals surface area contributed by atoms with Crippen LogP contribution in [0.25, 0.3) is 17.0 Å². The number of ether oxygens (including phenoxy) is 1. The lowest BCUT2D eigenvalue weighted by atomic mass is 9.76. The molecule has 2 heterocycles. The Hall–Kier alpha value is -6.22. The number of hydroxylamine groups is 1. The predicted molar refractivity (Wildman–Crippen MR) is 207 cm³/mol. The lowest BCUT2D eigenvalue weighted by molar-refractivity contribution is 0.0541. The van der Waals surface area contributed by atoms with Gasteiger partial charge in [-0.25, -0.2) is 0 Å². The number of hydrogen-bond acceptors (Lipinski definition) is 7. The molecule has 0 bridgehead atoms. The highest BCUT2D eigenvalue weighted by molar-refractivity contribution is 7.09. The number of nitrogens with one attached hydrogen (secondary N) is 1. The molecule has 0 fully saturated rings. The van der Waals surface area contributed by atoms with Gasteiger partial charge in [-0.15, -0.1) is 0 Å². The van der Waals surface area contributed by atoms with Crippen molar-refractivity contribution in [3.8, 4) is 22.9 Å². The highest BCUT2D eigenvalue weighted by Gasteiger charge is 2.42. The van der Waals surface area contributed by atoms with Crippen molar-refractivity contribution in [2.45, 2.75) is 12.0 Å². The number of nitrogens with zero attached hydrogens (tertiary/aromatic N) is 2. The van der Waals surface area contributed by atoms with Crippen LogP contribution in [0, 0.1) is 0 Å². The smallest absolute Gasteiger partial charge is 0.311 e. The quantitative estimate of drug-likeness (QED) is 0.0670. The van der Waals surface area contributed by atoms with Gasteiger partial charge in [0.25, 0.3) is 0 Å². The summed E-state index contributed by atoms with van der Waals surface area (Å²) in [5.74, 6) is 0.624. The maximum atomic E-state index is 14.0. The van der Waals surface area contributed by atoms with Crippen molar-refractivity contribution >= 4 is 17.0 Å². The van der Waals surface area contributed by atoms with Crippen LogP contribution in [0.1, 0.15) is 32.7 Å². The number of hydrogen-bond donors (Lipinski definition) is 2. The number of rotatable bonds is 14. The number of benzene rings is 5. The van der Waals surface area contributed by atoms with Crippen molar-refractivity contribution in [2.24, 2.45) is 0 Å². The van der Waals surface area contributed by atoms with E-state index in [-0.39, 0.29) is 17.4 Å². The van der Waals surface area contributed by atoms with Gasteiger partial charge in [-0.05, 0) is 46.5 Å². The van der Waals surface area contributed by atoms with E-state index in [4.69, 9.17) is 9.57 Å². The molecule has 0 saturated heterocycles. The fraction of sp³-hybridized carbons (Fsp3) is 0.0909. The van der Waals surface area contributed by atoms with Gasteiger partial charge in [0.1, 0.15) is 24.5 Å². The van der Waals surface area contributed by atoms with Gasteiger partial charge >= 0.3 is 4.87 Å². The predicted octanol–water partition coefficient (Wildman–Crippen LogP) is 8.68. The molecule has 7 aromatic rings. The van der Waals surface area contributed by atoms with Crippen LogP contribution in [-0.2, 0) is 16.8 Å². The minimum Gasteiger partial charge on any atom is -0.494 e. The SMILES string of the molecule is C=C(NOCCOc1ccc(Cc2sc(=O)n(C(c3ccccc3)(c3ccccc3)c3ccccc3)c2O)cc1)c1ccc(-c2ccccc2)nc1. The van der Waals surface area contributed by atoms with E-state index in [1.54, 1.807) is 10.8 Å². The van der Waals surface area contributed by atoms with Crippen molar-refractivity contribution < 1.29 is 14.7 Å². The second-order valence-corrected chi connectivity index (χ2v) is 13.2. The summed E-state index contributed by atoms with van der Waals surface area (Å²) >= 11 is 1.06. The van der Waals surface area contributed by atoms with E-state index < -0.39 is 5.54 Å². The maximum absolute atomic E-state index is 14.0. The molecule has 7 nitrogen and oxygen atoms in total. The summed E-state index contributed by atoms with van der Waals surface area (Å²) in [6.45, 7) is 4.65. The Morgan fingerprint density at radius 2 is 1.29 bits per heavy atom. The molecule has 0 spiro atoms. The molecule has 7 rings (SSSR count). The van der Waals surface area contributed by atoms with E-state index in [9.17, 15) is 9.90 Å². The Balaban J connectivity index is 1.01. The number of thiazole rings is 1. The van der Waals surface area contributed by atoms with Gasteiger partial charge in [0.05, 0.1) is 16.3 Å². The summed E-state index contributed by atoms with van der Waals surface area (Å²) in [4.78, 5) is 24.5. The van der Waals surface area contributed by atoms with Gasteiger partial charge in [-0.2, -0.15) is 0 Å². The van der Waals surface area contributed by atoms with Gasteiger partial charge in [0.15, 0.2) is 0 Å². The molecule has 258 valence electrons. The zero-order valence-electron chi connectivity index (χ0n) is 28.4. The average molecular weight is 704 g/mol. The van der Waals surface area contributed by atoms with E-state index >= 15 is 0 Å². The lowest BCUT2D eigenvalue weighted by Gasteiger charge is -2.37. The van der Waals surface area contributed by atoms with Crippen LogP contribution < -0.4 is 15.1 Å². The van der Waals surface area contributed by atoms with Crippen LogP contribution in [-0.4, -0.2) is 27.9 Å². The fourth-order valence-corrected chi connectivity index (χ4v) is 7.33. The van der Waals surface area contributed by atoms with E-state index in [0.29, 0.717) is 29.4 Å². The van der Waals surface area contributed by atoms with Crippen molar-refractivity contribution in [1.82, 2.24) is 15.0 Å².